The average Bonchev–Trinajstić information content (AvgIpc) is 3.87. The minimum atomic E-state index is 0.284. The first-order chi connectivity index (χ1) is 30.7. The fourth-order valence-corrected chi connectivity index (χ4v) is 10.1. The van der Waals surface area contributed by atoms with Crippen molar-refractivity contribution in [2.24, 2.45) is 0 Å². The van der Waals surface area contributed by atoms with Crippen LogP contribution in [0.4, 0.5) is 0 Å². The summed E-state index contributed by atoms with van der Waals surface area (Å²) in [7, 11) is 0. The van der Waals surface area contributed by atoms with Gasteiger partial charge in [0.2, 0.25) is 0 Å². The fraction of sp³-hybridized carbons (Fsp3) is 0.105. The fourth-order valence-electron chi connectivity index (χ4n) is 10.1. The van der Waals surface area contributed by atoms with Crippen molar-refractivity contribution < 1.29 is 0 Å². The molecule has 0 unspecified atom stereocenters. The molecule has 1 aliphatic rings. The van der Waals surface area contributed by atoms with Gasteiger partial charge < -0.3 is 9.13 Å². The Morgan fingerprint density at radius 3 is 1.37 bits per heavy atom. The Balaban J connectivity index is 0.877. The van der Waals surface area contributed by atoms with Gasteiger partial charge in [-0.2, -0.15) is 0 Å². The highest BCUT2D eigenvalue weighted by Gasteiger charge is 2.27. The minimum absolute atomic E-state index is 0.284. The first kappa shape index (κ1) is 36.2. The van der Waals surface area contributed by atoms with E-state index >= 15 is 0 Å². The molecule has 0 atom stereocenters. The molecule has 11 aromatic rings. The molecule has 3 aromatic heterocycles. The molecule has 8 aromatic carbocycles. The maximum absolute atomic E-state index is 5.10. The molecule has 62 heavy (non-hydrogen) atoms. The molecule has 0 saturated heterocycles. The van der Waals surface area contributed by atoms with E-state index in [0.29, 0.717) is 5.92 Å². The molecule has 0 spiro atoms. The number of rotatable bonds is 7. The largest absolute Gasteiger partial charge is 0.309 e. The second-order valence-electron chi connectivity index (χ2n) is 16.7. The summed E-state index contributed by atoms with van der Waals surface area (Å²) < 4.78 is 4.87. The van der Waals surface area contributed by atoms with Gasteiger partial charge in [-0.25, -0.2) is 15.0 Å². The predicted octanol–water partition coefficient (Wildman–Crippen LogP) is 14.5. The zero-order valence-electron chi connectivity index (χ0n) is 34.3. The summed E-state index contributed by atoms with van der Waals surface area (Å²) in [5.74, 6) is 3.14. The highest BCUT2D eigenvalue weighted by Crippen LogP contribution is 2.42. The summed E-state index contributed by atoms with van der Waals surface area (Å²) in [5, 5.41) is 5.07. The third-order valence-corrected chi connectivity index (χ3v) is 13.1. The van der Waals surface area contributed by atoms with Crippen molar-refractivity contribution >= 4 is 43.6 Å². The smallest absolute Gasteiger partial charge is 0.163 e. The van der Waals surface area contributed by atoms with Crippen LogP contribution in [0.25, 0.3) is 88.9 Å². The van der Waals surface area contributed by atoms with Gasteiger partial charge in [0, 0.05) is 50.0 Å². The predicted molar refractivity (Wildman–Crippen MR) is 255 cm³/mol. The Labute approximate surface area is 360 Å². The van der Waals surface area contributed by atoms with Crippen LogP contribution in [-0.4, -0.2) is 24.1 Å². The van der Waals surface area contributed by atoms with E-state index in [-0.39, 0.29) is 5.92 Å². The molecule has 1 saturated carbocycles. The molecule has 5 heteroatoms. The van der Waals surface area contributed by atoms with Crippen LogP contribution >= 0.6 is 0 Å². The van der Waals surface area contributed by atoms with Crippen molar-refractivity contribution in [1.82, 2.24) is 24.1 Å². The zero-order valence-corrected chi connectivity index (χ0v) is 34.3. The van der Waals surface area contributed by atoms with Crippen LogP contribution in [0.2, 0.25) is 0 Å². The standard InChI is InChI=1S/C57H43N5/c1-3-15-39(16-4-1)55-58-56(40-17-5-2-6-18-40)60-57(59-55)41-31-29-38(30-32-41)42-19-13-22-46(35-42)62-53-28-12-9-25-49(53)50-34-33-44(37-54(50)62)43-20-14-21-45(36-43)61-51-26-10-7-23-47(51)48-24-8-11-27-52(48)61/h1-28,33-38,41H,29-32H2. The molecular formula is C57H43N5. The monoisotopic (exact) mass is 797 g/mol. The summed E-state index contributed by atoms with van der Waals surface area (Å²) in [6.07, 6.45) is 4.24. The normalized spacial score (nSPS) is 15.5. The van der Waals surface area contributed by atoms with Gasteiger partial charge in [0.05, 0.1) is 22.1 Å². The van der Waals surface area contributed by atoms with Crippen LogP contribution in [0, 0.1) is 0 Å². The number of aromatic nitrogens is 5. The van der Waals surface area contributed by atoms with E-state index in [1.165, 1.54) is 66.0 Å². The number of benzene rings is 8. The SMILES string of the molecule is c1ccc(-c2nc(-c3ccccc3)nc(C3CCC(c4cccc(-n5c6ccccc6c6ccc(-c7cccc(-n8c9ccccc9c9ccccc98)c7)cc65)c4)CC3)n2)cc1. The topological polar surface area (TPSA) is 48.5 Å². The lowest BCUT2D eigenvalue weighted by molar-refractivity contribution is 0.385. The van der Waals surface area contributed by atoms with Crippen molar-refractivity contribution in [1.29, 1.82) is 0 Å². The molecule has 5 nitrogen and oxygen atoms in total. The first-order valence-corrected chi connectivity index (χ1v) is 21.8. The lowest BCUT2D eigenvalue weighted by atomic mass is 9.78. The summed E-state index contributed by atoms with van der Waals surface area (Å²) in [6, 6.07) is 72.2. The van der Waals surface area contributed by atoms with Gasteiger partial charge in [-0.1, -0.05) is 152 Å². The van der Waals surface area contributed by atoms with Gasteiger partial charge in [-0.15, -0.1) is 0 Å². The second kappa shape index (κ2) is 15.1. The van der Waals surface area contributed by atoms with E-state index in [1.54, 1.807) is 0 Å². The van der Waals surface area contributed by atoms with Crippen molar-refractivity contribution in [2.45, 2.75) is 37.5 Å². The molecule has 0 radical (unpaired) electrons. The zero-order chi connectivity index (χ0) is 41.0. The molecular weight excluding hydrogens is 755 g/mol. The third kappa shape index (κ3) is 6.28. The lowest BCUT2D eigenvalue weighted by Crippen LogP contribution is -2.16. The van der Waals surface area contributed by atoms with Gasteiger partial charge in [0.25, 0.3) is 0 Å². The van der Waals surface area contributed by atoms with Crippen molar-refractivity contribution in [3.63, 3.8) is 0 Å². The van der Waals surface area contributed by atoms with E-state index in [0.717, 1.165) is 60.0 Å². The number of hydrogen-bond donors (Lipinski definition) is 0. The Bertz CT molecular complexity index is 3320. The van der Waals surface area contributed by atoms with Gasteiger partial charge in [0.1, 0.15) is 5.82 Å². The van der Waals surface area contributed by atoms with Gasteiger partial charge in [-0.05, 0) is 96.8 Å². The number of nitrogens with zero attached hydrogens (tertiary/aromatic N) is 5. The molecule has 1 fully saturated rings. The molecule has 3 heterocycles. The van der Waals surface area contributed by atoms with E-state index in [1.807, 2.05) is 36.4 Å². The maximum Gasteiger partial charge on any atom is 0.163 e. The maximum atomic E-state index is 5.10. The Hall–Kier alpha value is -7.63. The Kier molecular flexibility index (Phi) is 8.84. The van der Waals surface area contributed by atoms with Crippen LogP contribution in [0.3, 0.4) is 0 Å². The van der Waals surface area contributed by atoms with Crippen LogP contribution < -0.4 is 0 Å². The number of para-hydroxylation sites is 3. The molecule has 0 N–H and O–H groups in total. The van der Waals surface area contributed by atoms with E-state index in [2.05, 4.69) is 173 Å². The van der Waals surface area contributed by atoms with Crippen LogP contribution in [0.15, 0.2) is 200 Å². The quantitative estimate of drug-likeness (QED) is 0.161. The molecule has 0 bridgehead atoms. The second-order valence-corrected chi connectivity index (χ2v) is 16.7. The number of fused-ring (bicyclic) bond motifs is 6. The average molecular weight is 798 g/mol. The summed E-state index contributed by atoms with van der Waals surface area (Å²) in [6.45, 7) is 0. The van der Waals surface area contributed by atoms with Gasteiger partial charge in [0.15, 0.2) is 11.6 Å². The number of hydrogen-bond acceptors (Lipinski definition) is 3. The first-order valence-electron chi connectivity index (χ1n) is 21.8. The molecule has 296 valence electrons. The van der Waals surface area contributed by atoms with Gasteiger partial charge in [-0.3, -0.25) is 0 Å². The van der Waals surface area contributed by atoms with Crippen LogP contribution in [-0.2, 0) is 0 Å². The van der Waals surface area contributed by atoms with E-state index < -0.39 is 0 Å². The van der Waals surface area contributed by atoms with Crippen LogP contribution in [0.1, 0.15) is 48.9 Å². The Morgan fingerprint density at radius 2 is 0.774 bits per heavy atom. The van der Waals surface area contributed by atoms with Crippen molar-refractivity contribution in [3.8, 4) is 45.3 Å². The lowest BCUT2D eigenvalue weighted by Gasteiger charge is -2.28. The molecule has 0 amide bonds. The summed E-state index contributed by atoms with van der Waals surface area (Å²) in [4.78, 5) is 15.1. The van der Waals surface area contributed by atoms with Crippen molar-refractivity contribution in [2.75, 3.05) is 0 Å². The molecule has 12 rings (SSSR count). The molecule has 1 aliphatic carbocycles. The van der Waals surface area contributed by atoms with E-state index in [4.69, 9.17) is 15.0 Å². The minimum Gasteiger partial charge on any atom is -0.309 e. The highest BCUT2D eigenvalue weighted by molar-refractivity contribution is 6.11. The van der Waals surface area contributed by atoms with Crippen LogP contribution in [0.5, 0.6) is 0 Å². The molecule has 0 aliphatic heterocycles. The Morgan fingerprint density at radius 1 is 0.323 bits per heavy atom. The van der Waals surface area contributed by atoms with Gasteiger partial charge >= 0.3 is 0 Å². The summed E-state index contributed by atoms with van der Waals surface area (Å²) in [5.41, 5.74) is 13.0. The third-order valence-electron chi connectivity index (χ3n) is 13.1. The highest BCUT2D eigenvalue weighted by atomic mass is 15.0. The summed E-state index contributed by atoms with van der Waals surface area (Å²) >= 11 is 0. The van der Waals surface area contributed by atoms with E-state index in [9.17, 15) is 0 Å². The van der Waals surface area contributed by atoms with Crippen molar-refractivity contribution in [3.05, 3.63) is 212 Å².